The van der Waals surface area contributed by atoms with Gasteiger partial charge in [0, 0.05) is 13.1 Å². The maximum atomic E-state index is 5.63. The Balaban J connectivity index is 1.66. The third kappa shape index (κ3) is 3.85. The molecule has 1 aromatic rings. The molecular weight excluding hydrogens is 224 g/mol. The minimum atomic E-state index is 0.308. The zero-order chi connectivity index (χ0) is 13.0. The molecule has 0 aromatic carbocycles. The SMILES string of the molecule is Cc1ccc(C(C)NCCN2CCC(C)CC2)o1. The van der Waals surface area contributed by atoms with E-state index in [9.17, 15) is 0 Å². The van der Waals surface area contributed by atoms with Crippen LogP contribution in [0.3, 0.4) is 0 Å². The highest BCUT2D eigenvalue weighted by molar-refractivity contribution is 5.08. The number of piperidine rings is 1. The third-order valence-electron chi connectivity index (χ3n) is 3.94. The molecule has 1 N–H and O–H groups in total. The monoisotopic (exact) mass is 250 g/mol. The van der Waals surface area contributed by atoms with Gasteiger partial charge in [-0.15, -0.1) is 0 Å². The molecule has 2 heterocycles. The van der Waals surface area contributed by atoms with Crippen LogP contribution < -0.4 is 5.32 Å². The van der Waals surface area contributed by atoms with Crippen molar-refractivity contribution in [1.29, 1.82) is 0 Å². The number of furan rings is 1. The van der Waals surface area contributed by atoms with Crippen molar-refractivity contribution in [3.05, 3.63) is 23.7 Å². The fraction of sp³-hybridized carbons (Fsp3) is 0.733. The van der Waals surface area contributed by atoms with Crippen molar-refractivity contribution in [2.24, 2.45) is 5.92 Å². The molecule has 0 radical (unpaired) electrons. The lowest BCUT2D eigenvalue weighted by molar-refractivity contribution is 0.191. The second kappa shape index (κ2) is 6.39. The van der Waals surface area contributed by atoms with Crippen LogP contribution in [0.2, 0.25) is 0 Å². The van der Waals surface area contributed by atoms with E-state index in [1.165, 1.54) is 25.9 Å². The average Bonchev–Trinajstić information content (AvgIpc) is 2.78. The normalized spacial score (nSPS) is 20.2. The predicted octanol–water partition coefficient (Wildman–Crippen LogP) is 2.97. The Morgan fingerprint density at radius 3 is 2.72 bits per heavy atom. The van der Waals surface area contributed by atoms with Gasteiger partial charge in [-0.25, -0.2) is 0 Å². The van der Waals surface area contributed by atoms with Gasteiger partial charge in [0.2, 0.25) is 0 Å². The Morgan fingerprint density at radius 2 is 2.11 bits per heavy atom. The fourth-order valence-corrected chi connectivity index (χ4v) is 2.51. The maximum absolute atomic E-state index is 5.63. The van der Waals surface area contributed by atoms with Crippen LogP contribution in [0.25, 0.3) is 0 Å². The Kier molecular flexibility index (Phi) is 4.84. The molecule has 2 rings (SSSR count). The predicted molar refractivity (Wildman–Crippen MR) is 74.7 cm³/mol. The molecule has 102 valence electrons. The summed E-state index contributed by atoms with van der Waals surface area (Å²) in [5.41, 5.74) is 0. The lowest BCUT2D eigenvalue weighted by atomic mass is 9.99. The van der Waals surface area contributed by atoms with Gasteiger partial charge in [0.1, 0.15) is 11.5 Å². The van der Waals surface area contributed by atoms with Gasteiger partial charge >= 0.3 is 0 Å². The molecule has 0 saturated carbocycles. The third-order valence-corrected chi connectivity index (χ3v) is 3.94. The van der Waals surface area contributed by atoms with Crippen LogP contribution in [0.1, 0.15) is 44.3 Å². The molecule has 1 aliphatic rings. The van der Waals surface area contributed by atoms with Gasteiger partial charge in [-0.05, 0) is 57.8 Å². The van der Waals surface area contributed by atoms with E-state index >= 15 is 0 Å². The summed E-state index contributed by atoms with van der Waals surface area (Å²) in [5, 5.41) is 3.54. The Bertz CT molecular complexity index is 353. The van der Waals surface area contributed by atoms with Crippen LogP contribution in [0.5, 0.6) is 0 Å². The fourth-order valence-electron chi connectivity index (χ4n) is 2.51. The van der Waals surface area contributed by atoms with Crippen LogP contribution in [0, 0.1) is 12.8 Å². The first-order valence-electron chi connectivity index (χ1n) is 7.17. The van der Waals surface area contributed by atoms with Crippen LogP contribution in [0.4, 0.5) is 0 Å². The maximum Gasteiger partial charge on any atom is 0.120 e. The summed E-state index contributed by atoms with van der Waals surface area (Å²) in [4.78, 5) is 2.56. The molecule has 0 spiro atoms. The van der Waals surface area contributed by atoms with Crippen molar-refractivity contribution in [3.63, 3.8) is 0 Å². The van der Waals surface area contributed by atoms with Crippen LogP contribution >= 0.6 is 0 Å². The molecule has 3 heteroatoms. The number of rotatable bonds is 5. The molecule has 18 heavy (non-hydrogen) atoms. The second-order valence-corrected chi connectivity index (χ2v) is 5.65. The van der Waals surface area contributed by atoms with E-state index in [-0.39, 0.29) is 0 Å². The standard InChI is InChI=1S/C15H26N2O/c1-12-6-9-17(10-7-12)11-8-16-14(3)15-5-4-13(2)18-15/h4-5,12,14,16H,6-11H2,1-3H3. The molecule has 1 aliphatic heterocycles. The molecular formula is C15H26N2O. The summed E-state index contributed by atoms with van der Waals surface area (Å²) in [6, 6.07) is 4.40. The van der Waals surface area contributed by atoms with Crippen molar-refractivity contribution < 1.29 is 4.42 Å². The largest absolute Gasteiger partial charge is 0.465 e. The number of likely N-dealkylation sites (tertiary alicyclic amines) is 1. The summed E-state index contributed by atoms with van der Waals surface area (Å²) < 4.78 is 5.63. The smallest absolute Gasteiger partial charge is 0.120 e. The lowest BCUT2D eigenvalue weighted by Crippen LogP contribution is -2.38. The van der Waals surface area contributed by atoms with Crippen LogP contribution in [0.15, 0.2) is 16.5 Å². The van der Waals surface area contributed by atoms with E-state index in [2.05, 4.69) is 30.1 Å². The van der Waals surface area contributed by atoms with Gasteiger partial charge in [-0.1, -0.05) is 6.92 Å². The topological polar surface area (TPSA) is 28.4 Å². The Labute approximate surface area is 111 Å². The first-order chi connectivity index (χ1) is 8.65. The van der Waals surface area contributed by atoms with Crippen molar-refractivity contribution in [1.82, 2.24) is 10.2 Å². The quantitative estimate of drug-likeness (QED) is 0.871. The van der Waals surface area contributed by atoms with E-state index in [0.29, 0.717) is 6.04 Å². The van der Waals surface area contributed by atoms with Crippen molar-refractivity contribution in [3.8, 4) is 0 Å². The highest BCUT2D eigenvalue weighted by Gasteiger charge is 2.15. The zero-order valence-corrected chi connectivity index (χ0v) is 11.9. The van der Waals surface area contributed by atoms with Crippen molar-refractivity contribution >= 4 is 0 Å². The number of hydrogen-bond donors (Lipinski definition) is 1. The summed E-state index contributed by atoms with van der Waals surface area (Å²) >= 11 is 0. The molecule has 3 nitrogen and oxygen atoms in total. The number of hydrogen-bond acceptors (Lipinski definition) is 3. The molecule has 1 atom stereocenters. The molecule has 0 amide bonds. The summed E-state index contributed by atoms with van der Waals surface area (Å²) in [6.07, 6.45) is 2.71. The van der Waals surface area contributed by atoms with Gasteiger partial charge < -0.3 is 14.6 Å². The van der Waals surface area contributed by atoms with E-state index in [1.54, 1.807) is 0 Å². The van der Waals surface area contributed by atoms with Gasteiger partial charge in [0.25, 0.3) is 0 Å². The minimum absolute atomic E-state index is 0.308. The first-order valence-corrected chi connectivity index (χ1v) is 7.17. The lowest BCUT2D eigenvalue weighted by Gasteiger charge is -2.30. The molecule has 1 fully saturated rings. The van der Waals surface area contributed by atoms with Crippen LogP contribution in [-0.2, 0) is 0 Å². The molecule has 1 unspecified atom stereocenters. The number of aryl methyl sites for hydroxylation is 1. The highest BCUT2D eigenvalue weighted by atomic mass is 16.3. The van der Waals surface area contributed by atoms with E-state index in [0.717, 1.165) is 30.5 Å². The molecule has 1 aromatic heterocycles. The second-order valence-electron chi connectivity index (χ2n) is 5.65. The summed E-state index contributed by atoms with van der Waals surface area (Å²) in [5.74, 6) is 2.95. The molecule has 0 aliphatic carbocycles. The number of nitrogens with one attached hydrogen (secondary N) is 1. The van der Waals surface area contributed by atoms with Crippen LogP contribution in [-0.4, -0.2) is 31.1 Å². The minimum Gasteiger partial charge on any atom is -0.465 e. The van der Waals surface area contributed by atoms with Crippen molar-refractivity contribution in [2.45, 2.75) is 39.7 Å². The summed E-state index contributed by atoms with van der Waals surface area (Å²) in [6.45, 7) is 11.2. The Hall–Kier alpha value is -0.800. The zero-order valence-electron chi connectivity index (χ0n) is 11.9. The Morgan fingerprint density at radius 1 is 1.39 bits per heavy atom. The van der Waals surface area contributed by atoms with Crippen molar-refractivity contribution in [2.75, 3.05) is 26.2 Å². The first kappa shape index (κ1) is 13.6. The number of nitrogens with zero attached hydrogens (tertiary/aromatic N) is 1. The van der Waals surface area contributed by atoms with E-state index < -0.39 is 0 Å². The van der Waals surface area contributed by atoms with E-state index in [4.69, 9.17) is 4.42 Å². The molecule has 1 saturated heterocycles. The van der Waals surface area contributed by atoms with Gasteiger partial charge in [0.05, 0.1) is 6.04 Å². The average molecular weight is 250 g/mol. The van der Waals surface area contributed by atoms with Gasteiger partial charge in [-0.3, -0.25) is 0 Å². The summed E-state index contributed by atoms with van der Waals surface area (Å²) in [7, 11) is 0. The van der Waals surface area contributed by atoms with Gasteiger partial charge in [-0.2, -0.15) is 0 Å². The van der Waals surface area contributed by atoms with E-state index in [1.807, 2.05) is 13.0 Å². The highest BCUT2D eigenvalue weighted by Crippen LogP contribution is 2.16. The molecule has 0 bridgehead atoms. The van der Waals surface area contributed by atoms with Gasteiger partial charge in [0.15, 0.2) is 0 Å².